The Morgan fingerprint density at radius 3 is 2.58 bits per heavy atom. The molecule has 0 amide bonds. The van der Waals surface area contributed by atoms with E-state index in [1.807, 2.05) is 18.2 Å². The van der Waals surface area contributed by atoms with Gasteiger partial charge in [-0.2, -0.15) is 0 Å². The Morgan fingerprint density at radius 1 is 1.08 bits per heavy atom. The van der Waals surface area contributed by atoms with Gasteiger partial charge in [-0.1, -0.05) is 18.2 Å². The summed E-state index contributed by atoms with van der Waals surface area (Å²) >= 11 is 0. The van der Waals surface area contributed by atoms with Gasteiger partial charge in [0.05, 0.1) is 0 Å². The van der Waals surface area contributed by atoms with E-state index >= 15 is 0 Å². The molecule has 0 unspecified atom stereocenters. The van der Waals surface area contributed by atoms with Crippen molar-refractivity contribution in [2.45, 2.75) is 0 Å². The van der Waals surface area contributed by atoms with Crippen molar-refractivity contribution < 1.29 is 31.3 Å². The first-order valence-electron chi connectivity index (χ1n) is 3.40. The van der Waals surface area contributed by atoms with E-state index in [0.717, 1.165) is 5.39 Å². The molecule has 1 N–H and O–H groups in total. The van der Waals surface area contributed by atoms with Gasteiger partial charge in [0.1, 0.15) is 11.3 Å². The fourth-order valence-electron chi connectivity index (χ4n) is 1.09. The maximum Gasteiger partial charge on any atom is 0.141 e. The second kappa shape index (κ2) is 3.81. The van der Waals surface area contributed by atoms with E-state index in [1.54, 1.807) is 18.3 Å². The zero-order chi connectivity index (χ0) is 7.68. The first-order valence-corrected chi connectivity index (χ1v) is 3.40. The van der Waals surface area contributed by atoms with Crippen LogP contribution in [0.25, 0.3) is 10.9 Å². The Kier molecular flexibility index (Phi) is 2.99. The number of hydrogen-bond acceptors (Lipinski definition) is 2. The number of para-hydroxylation sites is 1. The van der Waals surface area contributed by atoms with Crippen LogP contribution >= 0.6 is 0 Å². The molecule has 3 heteroatoms. The molecule has 0 fully saturated rings. The van der Waals surface area contributed by atoms with Crippen LogP contribution < -0.4 is 0 Å². The first-order chi connectivity index (χ1) is 5.38. The molecule has 0 aliphatic carbocycles. The molecule has 0 saturated carbocycles. The maximum absolute atomic E-state index is 9.31. The molecule has 0 saturated heterocycles. The van der Waals surface area contributed by atoms with E-state index in [-0.39, 0.29) is 32.0 Å². The third-order valence-electron chi connectivity index (χ3n) is 1.61. The average Bonchev–Trinajstić information content (AvgIpc) is 2.06. The predicted octanol–water partition coefficient (Wildman–Crippen LogP) is 1.94. The molecular weight excluding hydrogens is 348 g/mol. The van der Waals surface area contributed by atoms with Crippen LogP contribution in [-0.4, -0.2) is 10.1 Å². The van der Waals surface area contributed by atoms with Gasteiger partial charge >= 0.3 is 0 Å². The van der Waals surface area contributed by atoms with Crippen molar-refractivity contribution in [3.63, 3.8) is 0 Å². The monoisotopic (exact) mass is 355 g/mol. The Balaban J connectivity index is 0.000000720. The number of fused-ring (bicyclic) bond motifs is 1. The smallest absolute Gasteiger partial charge is 0.141 e. The van der Waals surface area contributed by atoms with Crippen molar-refractivity contribution in [2.75, 3.05) is 0 Å². The Labute approximate surface area is 89.4 Å². The SMILES string of the molecule is Oc1cccc2cccnc12.[At]. The molecule has 2 nitrogen and oxygen atoms in total. The molecule has 0 aliphatic rings. The van der Waals surface area contributed by atoms with Crippen LogP contribution in [0.2, 0.25) is 0 Å². The number of aromatic nitrogens is 1. The zero-order valence-corrected chi connectivity index (χ0v) is 9.18. The largest absolute Gasteiger partial charge is 0.506 e. The van der Waals surface area contributed by atoms with Crippen LogP contribution in [0.4, 0.5) is 0 Å². The number of phenolic OH excluding ortho intramolecular Hbond substituents is 1. The summed E-state index contributed by atoms with van der Waals surface area (Å²) in [6, 6.07) is 9.13. The summed E-state index contributed by atoms with van der Waals surface area (Å²) in [4.78, 5) is 4.03. The molecule has 2 aromatic rings. The molecular formula is C9H7AtNO. The predicted molar refractivity (Wildman–Crippen MR) is 43.4 cm³/mol. The topological polar surface area (TPSA) is 33.1 Å². The van der Waals surface area contributed by atoms with Gasteiger partial charge in [-0.15, -0.1) is 0 Å². The zero-order valence-electron chi connectivity index (χ0n) is 6.24. The number of pyridine rings is 1. The number of rotatable bonds is 0. The molecule has 2 rings (SSSR count). The van der Waals surface area contributed by atoms with E-state index in [4.69, 9.17) is 0 Å². The number of phenols is 1. The molecule has 1 radical (unpaired) electrons. The molecule has 12 heavy (non-hydrogen) atoms. The minimum atomic E-state index is 0. The van der Waals surface area contributed by atoms with E-state index in [0.29, 0.717) is 5.52 Å². The molecule has 0 atom stereocenters. The standard InChI is InChI=1S/C9H7NO.At/c11-8-5-1-3-7-4-2-6-10-9(7)8;/h1-6,11H;. The van der Waals surface area contributed by atoms with Crippen LogP contribution in [-0.2, 0) is 0 Å². The van der Waals surface area contributed by atoms with E-state index < -0.39 is 0 Å². The minimum absolute atomic E-state index is 0. The third kappa shape index (κ3) is 1.56. The number of aromatic hydroxyl groups is 1. The van der Waals surface area contributed by atoms with Gasteiger partial charge in [-0.25, -0.2) is 0 Å². The van der Waals surface area contributed by atoms with E-state index in [1.165, 1.54) is 0 Å². The van der Waals surface area contributed by atoms with Gasteiger partial charge in [-0.3, -0.25) is 4.98 Å². The van der Waals surface area contributed by atoms with E-state index in [9.17, 15) is 5.11 Å². The van der Waals surface area contributed by atoms with Crippen molar-refractivity contribution >= 4 is 10.9 Å². The normalized spacial score (nSPS) is 9.33. The third-order valence-corrected chi connectivity index (χ3v) is 1.61. The van der Waals surface area contributed by atoms with Crippen LogP contribution in [0.15, 0.2) is 36.5 Å². The second-order valence-electron chi connectivity index (χ2n) is 2.35. The van der Waals surface area contributed by atoms with Crippen LogP contribution in [0.5, 0.6) is 5.75 Å². The number of nitrogens with zero attached hydrogens (tertiary/aromatic N) is 1. The molecule has 1 aromatic heterocycles. The summed E-state index contributed by atoms with van der Waals surface area (Å²) in [5, 5.41) is 10.3. The van der Waals surface area contributed by atoms with Gasteiger partial charge < -0.3 is 5.11 Å². The van der Waals surface area contributed by atoms with Gasteiger partial charge in [-0.05, 0) is 12.1 Å². The van der Waals surface area contributed by atoms with Gasteiger partial charge in [0, 0.05) is 37.8 Å². The van der Waals surface area contributed by atoms with E-state index in [2.05, 4.69) is 4.98 Å². The van der Waals surface area contributed by atoms with Crippen molar-refractivity contribution in [2.24, 2.45) is 0 Å². The molecule has 61 valence electrons. The Bertz CT molecular complexity index is 384. The van der Waals surface area contributed by atoms with Crippen molar-refractivity contribution in [1.82, 2.24) is 4.98 Å². The Hall–Kier alpha value is -0.687. The summed E-state index contributed by atoms with van der Waals surface area (Å²) in [5.41, 5.74) is 0.662. The number of benzene rings is 1. The minimum Gasteiger partial charge on any atom is -0.506 e. The molecule has 0 bridgehead atoms. The summed E-state index contributed by atoms with van der Waals surface area (Å²) in [7, 11) is 0. The fourth-order valence-corrected chi connectivity index (χ4v) is 1.09. The van der Waals surface area contributed by atoms with Crippen LogP contribution in [0, 0.1) is 26.2 Å². The summed E-state index contributed by atoms with van der Waals surface area (Å²) in [5.74, 6) is 0.239. The summed E-state index contributed by atoms with van der Waals surface area (Å²) in [6.45, 7) is 0. The summed E-state index contributed by atoms with van der Waals surface area (Å²) < 4.78 is 0. The molecule has 0 aliphatic heterocycles. The fraction of sp³-hybridized carbons (Fsp3) is 0. The van der Waals surface area contributed by atoms with Crippen LogP contribution in [0.3, 0.4) is 0 Å². The first kappa shape index (κ1) is 9.40. The molecule has 0 spiro atoms. The average molecular weight is 355 g/mol. The van der Waals surface area contributed by atoms with Crippen molar-refractivity contribution in [1.29, 1.82) is 0 Å². The Morgan fingerprint density at radius 2 is 1.83 bits per heavy atom. The van der Waals surface area contributed by atoms with Gasteiger partial charge in [0.25, 0.3) is 0 Å². The van der Waals surface area contributed by atoms with Gasteiger partial charge in [0.2, 0.25) is 0 Å². The second-order valence-corrected chi connectivity index (χ2v) is 2.35. The summed E-state index contributed by atoms with van der Waals surface area (Å²) in [6.07, 6.45) is 1.67. The van der Waals surface area contributed by atoms with Gasteiger partial charge in [0.15, 0.2) is 0 Å². The van der Waals surface area contributed by atoms with Crippen LogP contribution in [0.1, 0.15) is 0 Å². The molecule has 1 aromatic carbocycles. The van der Waals surface area contributed by atoms with Crippen molar-refractivity contribution in [3.8, 4) is 5.75 Å². The quantitative estimate of drug-likeness (QED) is 0.784. The molecule has 1 heterocycles. The van der Waals surface area contributed by atoms with Crippen molar-refractivity contribution in [3.05, 3.63) is 36.5 Å². The number of hydrogen-bond donors (Lipinski definition) is 1. The maximum atomic E-state index is 9.31.